The molecule has 0 aromatic carbocycles. The molecule has 2 rings (SSSR count). The summed E-state index contributed by atoms with van der Waals surface area (Å²) in [5, 5.41) is 0. The highest BCUT2D eigenvalue weighted by atomic mass is 79.9. The maximum Gasteiger partial charge on any atom is 0.173 e. The minimum atomic E-state index is 0. The van der Waals surface area contributed by atoms with Gasteiger partial charge in [-0.2, -0.15) is 0 Å². The van der Waals surface area contributed by atoms with Gasteiger partial charge in [-0.15, -0.1) is 0 Å². The van der Waals surface area contributed by atoms with Gasteiger partial charge in [-0.3, -0.25) is 4.90 Å². The first-order chi connectivity index (χ1) is 10.2. The number of unbranched alkanes of at least 4 members (excludes halogenated alkanes) is 3. The molecule has 0 aliphatic carbocycles. The van der Waals surface area contributed by atoms with E-state index >= 15 is 0 Å². The van der Waals surface area contributed by atoms with Crippen LogP contribution in [-0.4, -0.2) is 18.5 Å². The molecule has 0 saturated carbocycles. The average molecular weight is 367 g/mol. The molecule has 0 spiro atoms. The lowest BCUT2D eigenvalue weighted by Gasteiger charge is -2.18. The Balaban J connectivity index is 0.00000242. The van der Waals surface area contributed by atoms with Gasteiger partial charge in [-0.25, -0.2) is 4.57 Å². The van der Waals surface area contributed by atoms with Crippen LogP contribution in [0.15, 0.2) is 36.2 Å². The van der Waals surface area contributed by atoms with Gasteiger partial charge in [0.2, 0.25) is 0 Å². The summed E-state index contributed by atoms with van der Waals surface area (Å²) in [6, 6.07) is 5.14. The second-order valence-electron chi connectivity index (χ2n) is 6.64. The summed E-state index contributed by atoms with van der Waals surface area (Å²) < 4.78 is 2.38. The average Bonchev–Trinajstić information content (AvgIpc) is 2.89. The number of pyridine rings is 1. The van der Waals surface area contributed by atoms with E-state index in [1.54, 1.807) is 0 Å². The van der Waals surface area contributed by atoms with E-state index in [4.69, 9.17) is 0 Å². The van der Waals surface area contributed by atoms with Crippen molar-refractivity contribution < 1.29 is 21.5 Å². The number of hydrogen-bond donors (Lipinski definition) is 0. The standard InChI is InChI=1S/C19H31N2.BrH/c1-17(2)10-6-4-5-7-14-21-15-8-11-18(16-21)19-12-9-13-20(19)3;/h8,10-11,15-16,19H,4-7,9,12-14H2,1-3H3;1H/q+1;/p-1. The summed E-state index contributed by atoms with van der Waals surface area (Å²) in [6.45, 7) is 6.76. The molecule has 22 heavy (non-hydrogen) atoms. The number of nitrogens with zero attached hydrogens (tertiary/aromatic N) is 2. The van der Waals surface area contributed by atoms with Gasteiger partial charge in [0.1, 0.15) is 6.54 Å². The molecule has 0 N–H and O–H groups in total. The van der Waals surface area contributed by atoms with Crippen LogP contribution in [-0.2, 0) is 6.54 Å². The fraction of sp³-hybridized carbons (Fsp3) is 0.632. The number of hydrogen-bond acceptors (Lipinski definition) is 1. The lowest BCUT2D eigenvalue weighted by molar-refractivity contribution is -0.697. The Morgan fingerprint density at radius 2 is 2.14 bits per heavy atom. The predicted octanol–water partition coefficient (Wildman–Crippen LogP) is 1.27. The summed E-state index contributed by atoms with van der Waals surface area (Å²) >= 11 is 0. The molecule has 1 fully saturated rings. The molecule has 1 atom stereocenters. The highest BCUT2D eigenvalue weighted by molar-refractivity contribution is 5.12. The topological polar surface area (TPSA) is 7.12 Å². The molecule has 124 valence electrons. The van der Waals surface area contributed by atoms with E-state index < -0.39 is 0 Å². The van der Waals surface area contributed by atoms with Gasteiger partial charge < -0.3 is 17.0 Å². The van der Waals surface area contributed by atoms with Crippen molar-refractivity contribution in [3.63, 3.8) is 0 Å². The zero-order valence-corrected chi connectivity index (χ0v) is 16.0. The fourth-order valence-corrected chi connectivity index (χ4v) is 3.22. The Morgan fingerprint density at radius 1 is 1.32 bits per heavy atom. The van der Waals surface area contributed by atoms with Crippen LogP contribution in [0.5, 0.6) is 0 Å². The van der Waals surface area contributed by atoms with Crippen LogP contribution in [0.25, 0.3) is 0 Å². The van der Waals surface area contributed by atoms with Gasteiger partial charge in [0.25, 0.3) is 0 Å². The molecule has 1 unspecified atom stereocenters. The van der Waals surface area contributed by atoms with Crippen molar-refractivity contribution >= 4 is 0 Å². The van der Waals surface area contributed by atoms with Crippen LogP contribution < -0.4 is 21.5 Å². The van der Waals surface area contributed by atoms with Crippen LogP contribution in [0, 0.1) is 0 Å². The second-order valence-corrected chi connectivity index (χ2v) is 6.64. The minimum Gasteiger partial charge on any atom is -1.00 e. The number of halogens is 1. The number of rotatable bonds is 7. The number of allylic oxidation sites excluding steroid dienone is 2. The highest BCUT2D eigenvalue weighted by Crippen LogP contribution is 2.29. The molecule has 0 radical (unpaired) electrons. The van der Waals surface area contributed by atoms with Gasteiger partial charge in [0.05, 0.1) is 0 Å². The van der Waals surface area contributed by atoms with Crippen LogP contribution >= 0.6 is 0 Å². The van der Waals surface area contributed by atoms with Crippen molar-refractivity contribution in [2.75, 3.05) is 13.6 Å². The van der Waals surface area contributed by atoms with Gasteiger partial charge in [0, 0.05) is 24.1 Å². The lowest BCUT2D eigenvalue weighted by Crippen LogP contribution is -3.00. The number of aromatic nitrogens is 1. The summed E-state index contributed by atoms with van der Waals surface area (Å²) in [4.78, 5) is 2.49. The Labute approximate surface area is 147 Å². The largest absolute Gasteiger partial charge is 1.00 e. The maximum atomic E-state index is 2.49. The molecule has 0 bridgehead atoms. The lowest BCUT2D eigenvalue weighted by atomic mass is 10.1. The van der Waals surface area contributed by atoms with Gasteiger partial charge in [-0.05, 0) is 65.6 Å². The SMILES string of the molecule is CC(C)=CCCCCC[n+]1cccc(C2CCCN2C)c1.[Br-]. The smallest absolute Gasteiger partial charge is 0.173 e. The van der Waals surface area contributed by atoms with E-state index in [0.717, 1.165) is 6.54 Å². The molecular weight excluding hydrogens is 336 g/mol. The zero-order valence-electron chi connectivity index (χ0n) is 14.4. The molecule has 1 saturated heterocycles. The van der Waals surface area contributed by atoms with Crippen molar-refractivity contribution in [2.45, 2.75) is 65.0 Å². The van der Waals surface area contributed by atoms with Crippen LogP contribution in [0.2, 0.25) is 0 Å². The third-order valence-corrected chi connectivity index (χ3v) is 4.46. The summed E-state index contributed by atoms with van der Waals surface area (Å²) in [6.07, 6.45) is 14.7. The van der Waals surface area contributed by atoms with E-state index in [2.05, 4.69) is 61.0 Å². The van der Waals surface area contributed by atoms with E-state index in [-0.39, 0.29) is 17.0 Å². The number of likely N-dealkylation sites (tertiary alicyclic amines) is 1. The number of aryl methyl sites for hydroxylation is 1. The highest BCUT2D eigenvalue weighted by Gasteiger charge is 2.24. The zero-order chi connectivity index (χ0) is 15.1. The van der Waals surface area contributed by atoms with Crippen molar-refractivity contribution in [1.82, 2.24) is 4.90 Å². The second kappa shape index (κ2) is 10.2. The van der Waals surface area contributed by atoms with Gasteiger partial charge in [-0.1, -0.05) is 11.6 Å². The molecule has 0 amide bonds. The summed E-state index contributed by atoms with van der Waals surface area (Å²) in [5.41, 5.74) is 2.93. The van der Waals surface area contributed by atoms with Crippen molar-refractivity contribution in [2.24, 2.45) is 0 Å². The molecule has 1 aliphatic rings. The quantitative estimate of drug-likeness (QED) is 0.400. The van der Waals surface area contributed by atoms with Gasteiger partial charge in [0.15, 0.2) is 12.4 Å². The molecular formula is C19H31BrN2. The van der Waals surface area contributed by atoms with Crippen LogP contribution in [0.3, 0.4) is 0 Å². The van der Waals surface area contributed by atoms with Crippen molar-refractivity contribution in [3.8, 4) is 0 Å². The Morgan fingerprint density at radius 3 is 2.82 bits per heavy atom. The Kier molecular flexibility index (Phi) is 8.96. The third-order valence-electron chi connectivity index (χ3n) is 4.46. The van der Waals surface area contributed by atoms with E-state index in [1.165, 1.54) is 56.2 Å². The Bertz CT molecular complexity index is 466. The Hall–Kier alpha value is -0.670. The maximum absolute atomic E-state index is 2.49. The van der Waals surface area contributed by atoms with Crippen molar-refractivity contribution in [1.29, 1.82) is 0 Å². The summed E-state index contributed by atoms with van der Waals surface area (Å²) in [7, 11) is 2.25. The predicted molar refractivity (Wildman–Crippen MR) is 89.1 cm³/mol. The summed E-state index contributed by atoms with van der Waals surface area (Å²) in [5.74, 6) is 0. The molecule has 2 heterocycles. The first-order valence-electron chi connectivity index (χ1n) is 8.49. The normalized spacial score (nSPS) is 18.0. The first-order valence-corrected chi connectivity index (χ1v) is 8.49. The van der Waals surface area contributed by atoms with Crippen LogP contribution in [0.4, 0.5) is 0 Å². The van der Waals surface area contributed by atoms with Crippen molar-refractivity contribution in [3.05, 3.63) is 41.7 Å². The minimum absolute atomic E-state index is 0. The van der Waals surface area contributed by atoms with E-state index in [0.29, 0.717) is 6.04 Å². The van der Waals surface area contributed by atoms with Gasteiger partial charge >= 0.3 is 0 Å². The molecule has 1 aromatic heterocycles. The fourth-order valence-electron chi connectivity index (χ4n) is 3.22. The van der Waals surface area contributed by atoms with E-state index in [9.17, 15) is 0 Å². The molecule has 1 aromatic rings. The molecule has 3 heteroatoms. The van der Waals surface area contributed by atoms with Crippen LogP contribution in [0.1, 0.15) is 64.0 Å². The molecule has 1 aliphatic heterocycles. The molecule has 2 nitrogen and oxygen atoms in total. The monoisotopic (exact) mass is 366 g/mol. The third kappa shape index (κ3) is 6.21. The first kappa shape index (κ1) is 19.4. The van der Waals surface area contributed by atoms with E-state index in [1.807, 2.05) is 0 Å².